The van der Waals surface area contributed by atoms with Crippen molar-refractivity contribution in [3.63, 3.8) is 0 Å². The Kier molecular flexibility index (Phi) is 25.7. The van der Waals surface area contributed by atoms with Crippen LogP contribution in [0.25, 0.3) is 0 Å². The molecule has 2 N–H and O–H groups in total. The van der Waals surface area contributed by atoms with Gasteiger partial charge in [-0.3, -0.25) is 0 Å². The topological polar surface area (TPSA) is 142 Å². The second kappa shape index (κ2) is 24.1. The van der Waals surface area contributed by atoms with Crippen LogP contribution in [-0.2, 0) is 52.2 Å². The van der Waals surface area contributed by atoms with E-state index in [1.165, 1.54) is 21.3 Å². The molecule has 342 valence electrons. The Labute approximate surface area is 319 Å². The van der Waals surface area contributed by atoms with Gasteiger partial charge in [0, 0.05) is 114 Å². The van der Waals surface area contributed by atoms with Crippen molar-refractivity contribution in [2.24, 2.45) is 0 Å². The van der Waals surface area contributed by atoms with Crippen LogP contribution in [0.1, 0.15) is 27.1 Å². The molecule has 0 aromatic carbocycles. The van der Waals surface area contributed by atoms with E-state index < -0.39 is 125 Å². The van der Waals surface area contributed by atoms with Crippen LogP contribution in [0.15, 0.2) is 0 Å². The third kappa shape index (κ3) is 23.9. The van der Waals surface area contributed by atoms with Gasteiger partial charge in [-0.25, -0.2) is 0 Å². The largest absolute Gasteiger partial charge is 1.00 e. The van der Waals surface area contributed by atoms with Crippen LogP contribution >= 0.6 is 0 Å². The standard InChI is InChI=1S/C17H32F12O9Si4.C6H13F3O3Si.H2O/c1-30-39(31-2,10-7-14(18,19)20)36-42(13-17(27,28)29,37-40(32-3,33-4)11-8-15(21,22)23)38-41(34-5,35-6)12-9-16(24,25)26;1-10-13(11-2,12-3)5-4-6(7,8)9;/h7-13H2,1-6H3;4-5H2,1-3H3;1H2/p+1. The van der Waals surface area contributed by atoms with Crippen LogP contribution in [0.5, 0.6) is 0 Å². The number of halogens is 15. The van der Waals surface area contributed by atoms with Gasteiger partial charge in [-0.2, -0.15) is 65.9 Å². The van der Waals surface area contributed by atoms with E-state index in [2.05, 4.69) is 0 Å². The van der Waals surface area contributed by atoms with Crippen molar-refractivity contribution in [1.29, 1.82) is 0 Å². The highest BCUT2D eigenvalue weighted by atomic mass is 28.5. The maximum atomic E-state index is 14.1. The minimum atomic E-state index is -6.04. The van der Waals surface area contributed by atoms with Crippen LogP contribution in [0, 0.1) is 0 Å². The molecule has 0 radical (unpaired) electrons. The number of rotatable bonds is 24. The van der Waals surface area contributed by atoms with Crippen LogP contribution in [0.4, 0.5) is 65.9 Å². The highest BCUT2D eigenvalue weighted by Crippen LogP contribution is 2.42. The first-order valence-electron chi connectivity index (χ1n) is 15.1. The molecule has 56 heavy (non-hydrogen) atoms. The van der Waals surface area contributed by atoms with Gasteiger partial charge < -0.3 is 57.7 Å². The summed E-state index contributed by atoms with van der Waals surface area (Å²) in [6.45, 7) is 0. The van der Waals surface area contributed by atoms with Crippen molar-refractivity contribution in [2.45, 2.75) is 86.8 Å². The van der Waals surface area contributed by atoms with Gasteiger partial charge in [0.15, 0.2) is 0 Å². The molecule has 0 atom stereocenters. The zero-order valence-corrected chi connectivity index (χ0v) is 36.4. The molecular formula is C23H48F15O13Si5+. The summed E-state index contributed by atoms with van der Waals surface area (Å²) in [4.78, 5) is 0. The summed E-state index contributed by atoms with van der Waals surface area (Å²) in [5.74, 6) is 0. The number of alkyl halides is 15. The van der Waals surface area contributed by atoms with Crippen molar-refractivity contribution in [2.75, 3.05) is 64.0 Å². The molecule has 0 saturated carbocycles. The fraction of sp³-hybridized carbons (Fsp3) is 1.00. The predicted molar refractivity (Wildman–Crippen MR) is 173 cm³/mol. The zero-order valence-electron chi connectivity index (χ0n) is 32.4. The molecule has 0 aromatic heterocycles. The lowest BCUT2D eigenvalue weighted by Gasteiger charge is -2.44. The van der Waals surface area contributed by atoms with Crippen LogP contribution < -0.4 is 0 Å². The summed E-state index contributed by atoms with van der Waals surface area (Å²) in [6, 6.07) is -6.39. The molecule has 0 spiro atoms. The van der Waals surface area contributed by atoms with Gasteiger partial charge in [-0.15, -0.1) is 0 Å². The molecule has 0 amide bonds. The van der Waals surface area contributed by atoms with Gasteiger partial charge in [0.2, 0.25) is 0 Å². The maximum absolute atomic E-state index is 14.1. The highest BCUT2D eigenvalue weighted by Gasteiger charge is 2.67. The molecule has 0 aliphatic heterocycles. The second-order valence-corrected chi connectivity index (χ2v) is 26.1. The molecule has 0 aromatic rings. The Bertz CT molecular complexity index is 967. The molecule has 33 heteroatoms. The van der Waals surface area contributed by atoms with Gasteiger partial charge >= 0.3 is 76.3 Å². The molecule has 0 bridgehead atoms. The van der Waals surface area contributed by atoms with E-state index in [1.54, 1.807) is 0 Å². The first-order valence-corrected chi connectivity index (χ1v) is 24.8. The molecule has 0 unspecified atom stereocenters. The Morgan fingerprint density at radius 1 is 0.304 bits per heavy atom. The molecule has 0 fully saturated rings. The van der Waals surface area contributed by atoms with Gasteiger partial charge in [0.05, 0.1) is 0 Å². The summed E-state index contributed by atoms with van der Waals surface area (Å²) in [5, 5.41) is 0. The molecular weight excluding hydrogens is 910 g/mol. The van der Waals surface area contributed by atoms with Crippen molar-refractivity contribution in [3.05, 3.63) is 0 Å². The Morgan fingerprint density at radius 2 is 0.482 bits per heavy atom. The average molecular weight is 958 g/mol. The lowest BCUT2D eigenvalue weighted by Crippen LogP contribution is -2.69. The molecule has 0 aliphatic rings. The molecule has 13 nitrogen and oxygen atoms in total. The number of hydrogen-bond acceptors (Lipinski definition) is 12. The van der Waals surface area contributed by atoms with Crippen LogP contribution in [0.3, 0.4) is 0 Å². The first kappa shape index (κ1) is 59.8. The Balaban J connectivity index is -0.000000797. The minimum absolute atomic E-state index is 0. The average Bonchev–Trinajstić information content (AvgIpc) is 3.06. The van der Waals surface area contributed by atoms with E-state index in [9.17, 15) is 65.9 Å². The zero-order chi connectivity index (χ0) is 43.8. The van der Waals surface area contributed by atoms with Crippen molar-refractivity contribution in [1.82, 2.24) is 0 Å². The second-order valence-electron chi connectivity index (χ2n) is 10.8. The third-order valence-electron chi connectivity index (χ3n) is 7.01. The predicted octanol–water partition coefficient (Wildman–Crippen LogP) is 7.19. The molecule has 0 saturated heterocycles. The van der Waals surface area contributed by atoms with E-state index in [0.29, 0.717) is 42.7 Å². The molecule has 0 heterocycles. The lowest BCUT2D eigenvalue weighted by atomic mass is 10.5. The van der Waals surface area contributed by atoms with E-state index in [1.807, 2.05) is 0 Å². The first-order chi connectivity index (χ1) is 24.7. The fourth-order valence-electron chi connectivity index (χ4n) is 4.13. The summed E-state index contributed by atoms with van der Waals surface area (Å²) in [5.41, 5.74) is 0. The fourth-order valence-corrected chi connectivity index (χ4v) is 21.2. The Hall–Kier alpha value is -0.486. The third-order valence-corrected chi connectivity index (χ3v) is 24.4. The lowest BCUT2D eigenvalue weighted by molar-refractivity contribution is -0.135. The van der Waals surface area contributed by atoms with Crippen molar-refractivity contribution >= 4 is 44.0 Å². The minimum Gasteiger partial charge on any atom is -0.412 e. The van der Waals surface area contributed by atoms with Gasteiger partial charge in [0.25, 0.3) is 0 Å². The van der Waals surface area contributed by atoms with Gasteiger partial charge in [0.1, 0.15) is 6.04 Å². The summed E-state index contributed by atoms with van der Waals surface area (Å²) >= 11 is 0. The van der Waals surface area contributed by atoms with Gasteiger partial charge in [-0.05, 0) is 0 Å². The quantitative estimate of drug-likeness (QED) is 0.0714. The molecule has 0 rings (SSSR count). The number of hydrogen-bond donors (Lipinski definition) is 0. The van der Waals surface area contributed by atoms with E-state index in [4.69, 9.17) is 52.2 Å². The van der Waals surface area contributed by atoms with E-state index >= 15 is 0 Å². The summed E-state index contributed by atoms with van der Waals surface area (Å²) < 4.78 is 256. The van der Waals surface area contributed by atoms with Crippen molar-refractivity contribution < 1.29 is 125 Å². The Morgan fingerprint density at radius 3 is 0.625 bits per heavy atom. The van der Waals surface area contributed by atoms with Crippen LogP contribution in [0.2, 0.25) is 30.2 Å². The highest BCUT2D eigenvalue weighted by molar-refractivity contribution is 6.85. The SMILES string of the molecule is CO[Si](CCC(F)(F)F)(OC)OC.CO[Si](CCC(F)(F)F)(OC)O[Si](CC(F)(F)F)(O[Si](CCC(F)(F)F)(OC)OC)O[Si](CCC(F)(F)F)(OC)OC.O.[H+]. The normalized spacial score (nSPS) is 14.4. The smallest absolute Gasteiger partial charge is 0.412 e. The summed E-state index contributed by atoms with van der Waals surface area (Å²) in [6.07, 6.45) is -30.6. The van der Waals surface area contributed by atoms with Crippen LogP contribution in [-0.4, -0.2) is 144 Å². The van der Waals surface area contributed by atoms with Crippen molar-refractivity contribution in [3.8, 4) is 0 Å². The van der Waals surface area contributed by atoms with Gasteiger partial charge in [-0.1, -0.05) is 0 Å². The van der Waals surface area contributed by atoms with E-state index in [0.717, 1.165) is 0 Å². The maximum Gasteiger partial charge on any atom is 1.00 e. The summed E-state index contributed by atoms with van der Waals surface area (Å²) in [7, 11) is -15.9. The molecule has 0 aliphatic carbocycles. The monoisotopic (exact) mass is 957 g/mol. The van der Waals surface area contributed by atoms with E-state index in [-0.39, 0.29) is 12.9 Å².